The number of para-hydroxylation sites is 1. The number of cyclic esters (lactones) is 1. The van der Waals surface area contributed by atoms with Crippen molar-refractivity contribution in [1.82, 2.24) is 10.2 Å². The molecule has 12 heteroatoms. The van der Waals surface area contributed by atoms with Crippen LogP contribution < -0.4 is 10.2 Å². The second-order valence-corrected chi connectivity index (χ2v) is 12.2. The summed E-state index contributed by atoms with van der Waals surface area (Å²) < 4.78 is 18.1. The van der Waals surface area contributed by atoms with Crippen LogP contribution in [-0.4, -0.2) is 90.9 Å². The fourth-order valence-electron chi connectivity index (χ4n) is 7.09. The molecule has 242 valence electrons. The summed E-state index contributed by atoms with van der Waals surface area (Å²) in [7, 11) is 1.49. The lowest BCUT2D eigenvalue weighted by Crippen LogP contribution is -2.56. The smallest absolute Gasteiger partial charge is 0.313 e. The Labute approximate surface area is 271 Å². The second kappa shape index (κ2) is 13.4. The number of amides is 3. The number of benzene rings is 2. The molecule has 4 aliphatic heterocycles. The third-order valence-electron chi connectivity index (χ3n) is 9.05. The van der Waals surface area contributed by atoms with Gasteiger partial charge in [0.1, 0.15) is 23.7 Å². The van der Waals surface area contributed by atoms with Gasteiger partial charge in [0.2, 0.25) is 11.8 Å². The number of anilines is 1. The monoisotopic (exact) mass is 649 g/mol. The van der Waals surface area contributed by atoms with Crippen LogP contribution in [0.3, 0.4) is 0 Å². The maximum absolute atomic E-state index is 14.6. The molecule has 4 aliphatic rings. The summed E-state index contributed by atoms with van der Waals surface area (Å²) >= 11 is 6.57. The zero-order valence-corrected chi connectivity index (χ0v) is 26.0. The van der Waals surface area contributed by atoms with E-state index in [0.717, 1.165) is 0 Å². The molecule has 11 nitrogen and oxygen atoms in total. The van der Waals surface area contributed by atoms with E-state index in [1.54, 1.807) is 72.8 Å². The predicted octanol–water partition coefficient (Wildman–Crippen LogP) is 2.58. The zero-order chi connectivity index (χ0) is 32.4. The molecule has 0 unspecified atom stereocenters. The van der Waals surface area contributed by atoms with Crippen LogP contribution in [0.1, 0.15) is 24.5 Å². The highest BCUT2D eigenvalue weighted by Gasteiger charge is 2.73. The van der Waals surface area contributed by atoms with Crippen LogP contribution in [0.4, 0.5) is 5.69 Å². The summed E-state index contributed by atoms with van der Waals surface area (Å²) in [5.41, 5.74) is -0.420. The summed E-state index contributed by atoms with van der Waals surface area (Å²) in [6.07, 6.45) is 5.70. The van der Waals surface area contributed by atoms with Gasteiger partial charge in [-0.2, -0.15) is 0 Å². The molecule has 2 fully saturated rings. The van der Waals surface area contributed by atoms with Crippen molar-refractivity contribution in [2.24, 2.45) is 11.8 Å². The Hall–Kier alpha value is -4.03. The van der Waals surface area contributed by atoms with E-state index >= 15 is 0 Å². The topological polar surface area (TPSA) is 135 Å². The molecular weight excluding hydrogens is 614 g/mol. The molecule has 0 aromatic heterocycles. The van der Waals surface area contributed by atoms with E-state index in [1.807, 2.05) is 6.07 Å². The van der Waals surface area contributed by atoms with Gasteiger partial charge in [-0.05, 0) is 24.1 Å². The third kappa shape index (κ3) is 5.62. The van der Waals surface area contributed by atoms with Gasteiger partial charge in [0.25, 0.3) is 5.91 Å². The molecule has 2 aromatic carbocycles. The maximum Gasteiger partial charge on any atom is 0.313 e. The fourth-order valence-corrected chi connectivity index (χ4v) is 7.33. The Morgan fingerprint density at radius 1 is 1.04 bits per heavy atom. The molecule has 1 spiro atoms. The Balaban J connectivity index is 1.45. The first-order valence-electron chi connectivity index (χ1n) is 15.3. The molecule has 2 N–H and O–H groups in total. The van der Waals surface area contributed by atoms with Crippen LogP contribution in [-0.2, 0) is 33.4 Å². The van der Waals surface area contributed by atoms with Crippen LogP contribution in [0.5, 0.6) is 0 Å². The maximum atomic E-state index is 14.6. The normalized spacial score (nSPS) is 32.0. The fraction of sp³-hybridized carbons (Fsp3) is 0.412. The highest BCUT2D eigenvalue weighted by atomic mass is 35.5. The average molecular weight is 650 g/mol. The highest BCUT2D eigenvalue weighted by Crippen LogP contribution is 2.56. The summed E-state index contributed by atoms with van der Waals surface area (Å²) in [5, 5.41) is 13.3. The number of hydrogen-bond donors (Lipinski definition) is 2. The number of ether oxygens (including phenoxy) is 3. The zero-order valence-electron chi connectivity index (χ0n) is 25.3. The van der Waals surface area contributed by atoms with Gasteiger partial charge in [-0.15, -0.1) is 0 Å². The van der Waals surface area contributed by atoms with Crippen molar-refractivity contribution < 1.29 is 38.5 Å². The number of fused-ring (bicyclic) bond motifs is 2. The number of likely N-dealkylation sites (tertiary alicyclic amines) is 1. The lowest BCUT2D eigenvalue weighted by molar-refractivity contribution is -0.162. The predicted molar refractivity (Wildman–Crippen MR) is 168 cm³/mol. The average Bonchev–Trinajstić information content (AvgIpc) is 3.69. The van der Waals surface area contributed by atoms with E-state index in [9.17, 15) is 24.3 Å². The van der Waals surface area contributed by atoms with Gasteiger partial charge < -0.3 is 34.4 Å². The van der Waals surface area contributed by atoms with Crippen molar-refractivity contribution in [2.45, 2.75) is 42.7 Å². The standard InChI is InChI=1S/C34H36ClN3O8/c1-44-20-23-29(21-10-4-2-5-11-21)45-33(43)27-25-15-16-34(46-25)28(27)31(41)38(18-19-39)30(34)32(42)37(24-13-8-7-12-22(24)35)17-9-3-6-14-26(40)36-23/h2-5,7-13,15-16,23,25,27-30,39H,6,14,17-20H2,1H3,(H,36,40)/b9-3-/t23-,25+,27-,28-,29-,30+,34-/m0/s1. The number of β-amino-alcohol motifs (C(OH)–C–C–N with tert-alkyl or cyclic N) is 1. The van der Waals surface area contributed by atoms with Gasteiger partial charge in [-0.25, -0.2) is 0 Å². The van der Waals surface area contributed by atoms with Crippen LogP contribution in [0.15, 0.2) is 78.9 Å². The van der Waals surface area contributed by atoms with Crippen LogP contribution in [0, 0.1) is 11.8 Å². The number of nitrogens with one attached hydrogen (secondary N) is 1. The van der Waals surface area contributed by atoms with Gasteiger partial charge in [0.05, 0.1) is 42.0 Å². The minimum atomic E-state index is -1.47. The molecule has 0 aliphatic carbocycles. The number of aliphatic hydroxyl groups is 1. The number of aliphatic hydroxyl groups excluding tert-OH is 1. The van der Waals surface area contributed by atoms with Gasteiger partial charge in [-0.3, -0.25) is 19.2 Å². The molecular formula is C34H36ClN3O8. The summed E-state index contributed by atoms with van der Waals surface area (Å²) in [6.45, 7) is -0.401. The molecule has 0 saturated carbocycles. The van der Waals surface area contributed by atoms with Crippen LogP contribution >= 0.6 is 11.6 Å². The largest absolute Gasteiger partial charge is 0.455 e. The van der Waals surface area contributed by atoms with Crippen LogP contribution in [0.2, 0.25) is 5.02 Å². The molecule has 46 heavy (non-hydrogen) atoms. The van der Waals surface area contributed by atoms with E-state index in [-0.39, 0.29) is 32.0 Å². The second-order valence-electron chi connectivity index (χ2n) is 11.8. The van der Waals surface area contributed by atoms with Crippen molar-refractivity contribution >= 4 is 41.0 Å². The SMILES string of the molecule is COC[C@@H]1NC(=O)CC/C=C\CN(c2ccccc2Cl)C(=O)[C@H]2N(CCO)C(=O)[C@@H]3[C@@H](C(=O)O[C@H]1c1ccccc1)[C@H]1C=C[C@]32O1. The number of carbonyl (C=O) groups is 4. The number of nitrogens with zero attached hydrogens (tertiary/aromatic N) is 2. The van der Waals surface area contributed by atoms with Gasteiger partial charge in [0.15, 0.2) is 0 Å². The number of allylic oxidation sites excluding steroid dienone is 1. The molecule has 7 atom stereocenters. The number of carbonyl (C=O) groups excluding carboxylic acids is 4. The molecule has 2 saturated heterocycles. The van der Waals surface area contributed by atoms with Gasteiger partial charge >= 0.3 is 5.97 Å². The molecule has 2 aromatic rings. The van der Waals surface area contributed by atoms with E-state index in [1.165, 1.54) is 16.9 Å². The van der Waals surface area contributed by atoms with Gasteiger partial charge in [0, 0.05) is 26.6 Å². The number of halogens is 1. The lowest BCUT2D eigenvalue weighted by Gasteiger charge is -2.36. The van der Waals surface area contributed by atoms with Crippen molar-refractivity contribution in [3.63, 3.8) is 0 Å². The first-order valence-corrected chi connectivity index (χ1v) is 15.7. The van der Waals surface area contributed by atoms with Crippen molar-refractivity contribution in [1.29, 1.82) is 0 Å². The highest BCUT2D eigenvalue weighted by molar-refractivity contribution is 6.34. The van der Waals surface area contributed by atoms with E-state index in [0.29, 0.717) is 22.7 Å². The molecule has 4 heterocycles. The minimum absolute atomic E-state index is 0.0544. The molecule has 6 rings (SSSR count). The lowest BCUT2D eigenvalue weighted by atomic mass is 9.74. The first-order chi connectivity index (χ1) is 22.3. The molecule has 3 amide bonds. The summed E-state index contributed by atoms with van der Waals surface area (Å²) in [6, 6.07) is 13.9. The minimum Gasteiger partial charge on any atom is -0.455 e. The first kappa shape index (κ1) is 31.9. The van der Waals surface area contributed by atoms with E-state index in [4.69, 9.17) is 25.8 Å². The number of hydrogen-bond acceptors (Lipinski definition) is 8. The third-order valence-corrected chi connectivity index (χ3v) is 9.37. The number of methoxy groups -OCH3 is 1. The van der Waals surface area contributed by atoms with Crippen LogP contribution in [0.25, 0.3) is 0 Å². The molecule has 0 radical (unpaired) electrons. The van der Waals surface area contributed by atoms with Crippen molar-refractivity contribution in [3.8, 4) is 0 Å². The Morgan fingerprint density at radius 2 is 1.80 bits per heavy atom. The summed E-state index contributed by atoms with van der Waals surface area (Å²) in [4.78, 5) is 58.9. The Morgan fingerprint density at radius 3 is 2.54 bits per heavy atom. The summed E-state index contributed by atoms with van der Waals surface area (Å²) in [5.74, 6) is -4.11. The van der Waals surface area contributed by atoms with E-state index < -0.39 is 66.1 Å². The Bertz CT molecular complexity index is 1550. The van der Waals surface area contributed by atoms with Crippen molar-refractivity contribution in [3.05, 3.63) is 89.5 Å². The Kier molecular flexibility index (Phi) is 9.28. The van der Waals surface area contributed by atoms with E-state index in [2.05, 4.69) is 5.32 Å². The number of rotatable bonds is 6. The quantitative estimate of drug-likeness (QED) is 0.360. The molecule has 5 bridgehead atoms. The number of esters is 1. The van der Waals surface area contributed by atoms with Crippen molar-refractivity contribution in [2.75, 3.05) is 38.3 Å². The van der Waals surface area contributed by atoms with Gasteiger partial charge in [-0.1, -0.05) is 78.4 Å².